The van der Waals surface area contributed by atoms with E-state index in [2.05, 4.69) is 15.3 Å². The van der Waals surface area contributed by atoms with E-state index in [0.717, 1.165) is 12.4 Å². The van der Waals surface area contributed by atoms with Crippen LogP contribution in [-0.2, 0) is 0 Å². The van der Waals surface area contributed by atoms with Gasteiger partial charge in [-0.2, -0.15) is 13.2 Å². The molecule has 1 N–H and O–H groups in total. The molecule has 0 bridgehead atoms. The molecule has 1 aliphatic rings. The van der Waals surface area contributed by atoms with Crippen LogP contribution in [0.5, 0.6) is 0 Å². The number of nitrogens with zero attached hydrogens (tertiary/aromatic N) is 2. The Morgan fingerprint density at radius 1 is 1.17 bits per heavy atom. The molecular weight excluding hydrogens is 452 g/mol. The van der Waals surface area contributed by atoms with Gasteiger partial charge in [0.25, 0.3) is 12.3 Å². The van der Waals surface area contributed by atoms with Crippen molar-refractivity contribution in [3.63, 3.8) is 0 Å². The SMILES string of the molecule is O=C(NCC(CC1(C(F)(F)F)CC1)c1cnc(C(F)F)nc1)c1ccc(Cl)cc1Cl. The molecule has 0 spiro atoms. The molecule has 1 atom stereocenters. The number of aromatic nitrogens is 2. The average molecular weight is 468 g/mol. The van der Waals surface area contributed by atoms with Gasteiger partial charge in [-0.1, -0.05) is 23.2 Å². The van der Waals surface area contributed by atoms with E-state index in [-0.39, 0.29) is 42.0 Å². The smallest absolute Gasteiger partial charge is 0.351 e. The summed E-state index contributed by atoms with van der Waals surface area (Å²) in [7, 11) is 0. The highest BCUT2D eigenvalue weighted by atomic mass is 35.5. The molecule has 3 rings (SSSR count). The third kappa shape index (κ3) is 5.00. The van der Waals surface area contributed by atoms with Crippen LogP contribution < -0.4 is 5.32 Å². The summed E-state index contributed by atoms with van der Waals surface area (Å²) in [5, 5.41) is 2.98. The molecule has 11 heteroatoms. The Morgan fingerprint density at radius 2 is 1.80 bits per heavy atom. The van der Waals surface area contributed by atoms with E-state index >= 15 is 0 Å². The largest absolute Gasteiger partial charge is 0.394 e. The van der Waals surface area contributed by atoms with Gasteiger partial charge in [0, 0.05) is 29.9 Å². The van der Waals surface area contributed by atoms with E-state index in [4.69, 9.17) is 23.2 Å². The summed E-state index contributed by atoms with van der Waals surface area (Å²) in [6.07, 6.45) is -5.52. The van der Waals surface area contributed by atoms with Crippen molar-refractivity contribution in [3.05, 3.63) is 57.6 Å². The maximum absolute atomic E-state index is 13.4. The first-order valence-electron chi connectivity index (χ1n) is 8.92. The standard InChI is InChI=1S/C19H16Cl2F5N3O/c20-12-1-2-13(14(21)5-12)17(30)29-7-10(6-18(3-4-18)19(24,25)26)11-8-27-16(15(22)23)28-9-11/h1-2,5,8-10,15H,3-4,6-7H2,(H,29,30). The molecule has 0 aliphatic heterocycles. The van der Waals surface area contributed by atoms with Gasteiger partial charge >= 0.3 is 6.18 Å². The second kappa shape index (κ2) is 8.63. The molecular formula is C19H16Cl2F5N3O. The van der Waals surface area contributed by atoms with Crippen molar-refractivity contribution in [1.29, 1.82) is 0 Å². The Kier molecular flexibility index (Phi) is 6.52. The van der Waals surface area contributed by atoms with Gasteiger partial charge in [0.05, 0.1) is 16.0 Å². The van der Waals surface area contributed by atoms with Crippen LogP contribution in [-0.4, -0.2) is 28.6 Å². The summed E-state index contributed by atoms with van der Waals surface area (Å²) in [6, 6.07) is 4.22. The molecule has 4 nitrogen and oxygen atoms in total. The first kappa shape index (κ1) is 22.7. The summed E-state index contributed by atoms with van der Waals surface area (Å²) in [6.45, 7) is -0.174. The monoisotopic (exact) mass is 467 g/mol. The number of benzene rings is 1. The topological polar surface area (TPSA) is 54.9 Å². The third-order valence-corrected chi connectivity index (χ3v) is 5.68. The molecule has 1 aromatic heterocycles. The Bertz CT molecular complexity index is 917. The minimum Gasteiger partial charge on any atom is -0.351 e. The van der Waals surface area contributed by atoms with Crippen LogP contribution in [0.25, 0.3) is 0 Å². The number of hydrogen-bond donors (Lipinski definition) is 1. The Labute approximate surface area is 178 Å². The van der Waals surface area contributed by atoms with E-state index in [1.165, 1.54) is 18.2 Å². The Balaban J connectivity index is 1.79. The van der Waals surface area contributed by atoms with Crippen molar-refractivity contribution >= 4 is 29.1 Å². The molecule has 1 heterocycles. The zero-order valence-corrected chi connectivity index (χ0v) is 16.8. The van der Waals surface area contributed by atoms with Gasteiger partial charge in [0.1, 0.15) is 0 Å². The fourth-order valence-corrected chi connectivity index (χ4v) is 3.68. The minimum atomic E-state index is -4.40. The zero-order valence-electron chi connectivity index (χ0n) is 15.3. The number of carbonyl (C=O) groups excluding carboxylic acids is 1. The van der Waals surface area contributed by atoms with Gasteiger partial charge in [-0.15, -0.1) is 0 Å². The van der Waals surface area contributed by atoms with Crippen molar-refractivity contribution in [1.82, 2.24) is 15.3 Å². The highest BCUT2D eigenvalue weighted by molar-refractivity contribution is 6.36. The van der Waals surface area contributed by atoms with Gasteiger partial charge in [-0.05, 0) is 43.0 Å². The molecule has 1 aromatic carbocycles. The molecule has 2 aromatic rings. The molecule has 1 fully saturated rings. The Hall–Kier alpha value is -2.00. The van der Waals surface area contributed by atoms with Gasteiger partial charge < -0.3 is 5.32 Å². The number of rotatable bonds is 7. The van der Waals surface area contributed by atoms with Gasteiger partial charge in [-0.3, -0.25) is 4.79 Å². The average Bonchev–Trinajstić information content (AvgIpc) is 3.46. The lowest BCUT2D eigenvalue weighted by molar-refractivity contribution is -0.190. The van der Waals surface area contributed by atoms with Crippen LogP contribution in [0.4, 0.5) is 22.0 Å². The first-order valence-corrected chi connectivity index (χ1v) is 9.68. The molecule has 1 saturated carbocycles. The Morgan fingerprint density at radius 3 is 2.30 bits per heavy atom. The van der Waals surface area contributed by atoms with E-state index in [1.807, 2.05) is 0 Å². The number of hydrogen-bond acceptors (Lipinski definition) is 3. The molecule has 1 aliphatic carbocycles. The highest BCUT2D eigenvalue weighted by Gasteiger charge is 2.63. The summed E-state index contributed by atoms with van der Waals surface area (Å²) in [4.78, 5) is 19.5. The quantitative estimate of drug-likeness (QED) is 0.510. The second-order valence-corrected chi connectivity index (χ2v) is 8.03. The van der Waals surface area contributed by atoms with Crippen LogP contribution in [0.15, 0.2) is 30.6 Å². The lowest BCUT2D eigenvalue weighted by Gasteiger charge is -2.25. The van der Waals surface area contributed by atoms with Gasteiger partial charge in [0.15, 0.2) is 5.82 Å². The van der Waals surface area contributed by atoms with E-state index in [9.17, 15) is 26.7 Å². The predicted octanol–water partition coefficient (Wildman–Crippen LogP) is 5.97. The summed E-state index contributed by atoms with van der Waals surface area (Å²) < 4.78 is 65.7. The van der Waals surface area contributed by atoms with E-state index in [0.29, 0.717) is 5.02 Å². The molecule has 1 unspecified atom stereocenters. The van der Waals surface area contributed by atoms with Crippen molar-refractivity contribution in [3.8, 4) is 0 Å². The summed E-state index contributed by atoms with van der Waals surface area (Å²) in [5.41, 5.74) is -1.51. The van der Waals surface area contributed by atoms with Gasteiger partial charge in [0.2, 0.25) is 0 Å². The predicted molar refractivity (Wildman–Crippen MR) is 101 cm³/mol. The van der Waals surface area contributed by atoms with Crippen LogP contribution in [0, 0.1) is 5.41 Å². The number of alkyl halides is 5. The van der Waals surface area contributed by atoms with Crippen molar-refractivity contribution < 1.29 is 26.7 Å². The molecule has 30 heavy (non-hydrogen) atoms. The third-order valence-electron chi connectivity index (χ3n) is 5.14. The maximum atomic E-state index is 13.4. The highest BCUT2D eigenvalue weighted by Crippen LogP contribution is 2.62. The number of nitrogens with one attached hydrogen (secondary N) is 1. The first-order chi connectivity index (χ1) is 14.0. The van der Waals surface area contributed by atoms with Crippen molar-refractivity contribution in [2.75, 3.05) is 6.54 Å². The van der Waals surface area contributed by atoms with Crippen LogP contribution in [0.3, 0.4) is 0 Å². The van der Waals surface area contributed by atoms with Crippen molar-refractivity contribution in [2.24, 2.45) is 5.41 Å². The van der Waals surface area contributed by atoms with E-state index in [1.54, 1.807) is 0 Å². The zero-order chi connectivity index (χ0) is 22.1. The van der Waals surface area contributed by atoms with Crippen molar-refractivity contribution in [2.45, 2.75) is 37.8 Å². The maximum Gasteiger partial charge on any atom is 0.394 e. The van der Waals surface area contributed by atoms with Gasteiger partial charge in [-0.25, -0.2) is 18.7 Å². The number of amides is 1. The molecule has 0 radical (unpaired) electrons. The second-order valence-electron chi connectivity index (χ2n) is 7.19. The lowest BCUT2D eigenvalue weighted by atomic mass is 9.87. The number of halogens is 7. The fraction of sp³-hybridized carbons (Fsp3) is 0.421. The van der Waals surface area contributed by atoms with Crippen LogP contribution >= 0.6 is 23.2 Å². The number of carbonyl (C=O) groups is 1. The van der Waals surface area contributed by atoms with Crippen LogP contribution in [0.2, 0.25) is 10.0 Å². The molecule has 1 amide bonds. The minimum absolute atomic E-state index is 0.0278. The summed E-state index contributed by atoms with van der Waals surface area (Å²) >= 11 is 11.8. The lowest BCUT2D eigenvalue weighted by Crippen LogP contribution is -2.33. The van der Waals surface area contributed by atoms with E-state index < -0.39 is 35.7 Å². The summed E-state index contributed by atoms with van der Waals surface area (Å²) in [5.74, 6) is -2.13. The molecule has 0 saturated heterocycles. The normalized spacial score (nSPS) is 16.4. The van der Waals surface area contributed by atoms with Crippen LogP contribution in [0.1, 0.15) is 53.4 Å². The molecule has 162 valence electrons. The fourth-order valence-electron chi connectivity index (χ4n) is 3.19.